The molecular weight excluding hydrogens is 307 g/mol. The van der Waals surface area contributed by atoms with Gasteiger partial charge >= 0.3 is 12.1 Å². The molecule has 0 aliphatic carbocycles. The number of halogens is 1. The molecule has 3 N–H and O–H groups in total. The highest BCUT2D eigenvalue weighted by molar-refractivity contribution is 5.97. The van der Waals surface area contributed by atoms with Gasteiger partial charge in [-0.2, -0.15) is 0 Å². The average molecular weight is 326 g/mol. The molecule has 0 radical (unpaired) electrons. The molecular formula is C15H19FN2O5. The van der Waals surface area contributed by atoms with Crippen LogP contribution in [0.1, 0.15) is 38.1 Å². The second-order valence-electron chi connectivity index (χ2n) is 5.86. The zero-order chi connectivity index (χ0) is 17.8. The SMILES string of the molecule is C[C@H](NC(=O)OC(C)(C)C)C(=O)Nc1cc(C(=O)O)ccc1F. The van der Waals surface area contributed by atoms with E-state index in [2.05, 4.69) is 10.6 Å². The zero-order valence-electron chi connectivity index (χ0n) is 13.3. The topological polar surface area (TPSA) is 105 Å². The largest absolute Gasteiger partial charge is 0.478 e. The predicted octanol–water partition coefficient (Wildman–Crippen LogP) is 2.38. The standard InChI is InChI=1S/C15H19FN2O5/c1-8(17-14(22)23-15(2,3)4)12(19)18-11-7-9(13(20)21)5-6-10(11)16/h5-8H,1-4H3,(H,17,22)(H,18,19)(H,20,21)/t8-/m0/s1. The number of carbonyl (C=O) groups excluding carboxylic acids is 2. The molecule has 0 aliphatic rings. The molecule has 0 fully saturated rings. The summed E-state index contributed by atoms with van der Waals surface area (Å²) in [5.41, 5.74) is -1.18. The number of amides is 2. The van der Waals surface area contributed by atoms with Crippen LogP contribution >= 0.6 is 0 Å². The number of carbonyl (C=O) groups is 3. The molecule has 23 heavy (non-hydrogen) atoms. The quantitative estimate of drug-likeness (QED) is 0.788. The van der Waals surface area contributed by atoms with Crippen molar-refractivity contribution in [3.05, 3.63) is 29.6 Å². The van der Waals surface area contributed by atoms with Crippen LogP contribution in [0.3, 0.4) is 0 Å². The number of carboxylic acid groups (broad SMARTS) is 1. The first kappa shape index (κ1) is 18.4. The van der Waals surface area contributed by atoms with E-state index in [9.17, 15) is 18.8 Å². The van der Waals surface area contributed by atoms with Crippen LogP contribution in [0.25, 0.3) is 0 Å². The number of carboxylic acids is 1. The highest BCUT2D eigenvalue weighted by Gasteiger charge is 2.22. The fourth-order valence-electron chi connectivity index (χ4n) is 1.54. The van der Waals surface area contributed by atoms with Crippen molar-refractivity contribution in [2.24, 2.45) is 0 Å². The van der Waals surface area contributed by atoms with Crippen molar-refractivity contribution in [1.82, 2.24) is 5.32 Å². The van der Waals surface area contributed by atoms with Crippen LogP contribution in [0, 0.1) is 5.82 Å². The maximum Gasteiger partial charge on any atom is 0.408 e. The lowest BCUT2D eigenvalue weighted by Crippen LogP contribution is -2.44. The number of aromatic carboxylic acids is 1. The normalized spacial score (nSPS) is 12.2. The van der Waals surface area contributed by atoms with Crippen molar-refractivity contribution in [2.75, 3.05) is 5.32 Å². The van der Waals surface area contributed by atoms with Gasteiger partial charge in [0, 0.05) is 0 Å². The van der Waals surface area contributed by atoms with E-state index >= 15 is 0 Å². The van der Waals surface area contributed by atoms with Crippen LogP contribution in [0.2, 0.25) is 0 Å². The van der Waals surface area contributed by atoms with Crippen molar-refractivity contribution in [3.8, 4) is 0 Å². The Kier molecular flexibility index (Phi) is 5.67. The van der Waals surface area contributed by atoms with E-state index in [-0.39, 0.29) is 11.3 Å². The van der Waals surface area contributed by atoms with Crippen LogP contribution in [-0.2, 0) is 9.53 Å². The molecule has 1 rings (SSSR count). The first-order chi connectivity index (χ1) is 10.5. The third-order valence-electron chi connectivity index (χ3n) is 2.60. The molecule has 0 aromatic heterocycles. The molecule has 1 aromatic rings. The van der Waals surface area contributed by atoms with E-state index in [1.54, 1.807) is 20.8 Å². The number of benzene rings is 1. The van der Waals surface area contributed by atoms with Crippen LogP contribution < -0.4 is 10.6 Å². The minimum atomic E-state index is -1.25. The minimum Gasteiger partial charge on any atom is -0.478 e. The Bertz CT molecular complexity index is 625. The third kappa shape index (κ3) is 5.93. The van der Waals surface area contributed by atoms with E-state index in [0.29, 0.717) is 0 Å². The molecule has 2 amide bonds. The van der Waals surface area contributed by atoms with Gasteiger partial charge in [-0.25, -0.2) is 14.0 Å². The van der Waals surface area contributed by atoms with Gasteiger partial charge in [0.15, 0.2) is 0 Å². The van der Waals surface area contributed by atoms with Gasteiger partial charge in [0.05, 0.1) is 11.3 Å². The third-order valence-corrected chi connectivity index (χ3v) is 2.60. The first-order valence-electron chi connectivity index (χ1n) is 6.83. The Balaban J connectivity index is 2.74. The van der Waals surface area contributed by atoms with Crippen molar-refractivity contribution in [3.63, 3.8) is 0 Å². The molecule has 0 unspecified atom stereocenters. The van der Waals surface area contributed by atoms with E-state index in [0.717, 1.165) is 18.2 Å². The maximum absolute atomic E-state index is 13.6. The van der Waals surface area contributed by atoms with Crippen LogP contribution in [0.4, 0.5) is 14.9 Å². The Hall–Kier alpha value is -2.64. The molecule has 126 valence electrons. The van der Waals surface area contributed by atoms with Gasteiger partial charge in [-0.05, 0) is 45.9 Å². The van der Waals surface area contributed by atoms with Gasteiger partial charge in [0.25, 0.3) is 0 Å². The fourth-order valence-corrected chi connectivity index (χ4v) is 1.54. The molecule has 0 saturated heterocycles. The summed E-state index contributed by atoms with van der Waals surface area (Å²) in [5, 5.41) is 13.4. The van der Waals surface area contributed by atoms with Gasteiger partial charge in [0.1, 0.15) is 17.5 Å². The van der Waals surface area contributed by atoms with E-state index < -0.39 is 35.4 Å². The summed E-state index contributed by atoms with van der Waals surface area (Å²) >= 11 is 0. The monoisotopic (exact) mass is 326 g/mol. The van der Waals surface area contributed by atoms with Crippen LogP contribution in [0.15, 0.2) is 18.2 Å². The molecule has 1 aromatic carbocycles. The lowest BCUT2D eigenvalue weighted by atomic mass is 10.2. The van der Waals surface area contributed by atoms with Gasteiger partial charge in [-0.3, -0.25) is 4.79 Å². The minimum absolute atomic E-state index is 0.172. The van der Waals surface area contributed by atoms with Crippen LogP contribution in [-0.4, -0.2) is 34.7 Å². The van der Waals surface area contributed by atoms with Crippen molar-refractivity contribution < 1.29 is 28.6 Å². The highest BCUT2D eigenvalue weighted by Crippen LogP contribution is 2.16. The molecule has 7 nitrogen and oxygen atoms in total. The first-order valence-corrected chi connectivity index (χ1v) is 6.83. The lowest BCUT2D eigenvalue weighted by Gasteiger charge is -2.21. The summed E-state index contributed by atoms with van der Waals surface area (Å²) < 4.78 is 18.6. The number of hydrogen-bond acceptors (Lipinski definition) is 4. The summed E-state index contributed by atoms with van der Waals surface area (Å²) in [6.45, 7) is 6.40. The lowest BCUT2D eigenvalue weighted by molar-refractivity contribution is -0.117. The number of nitrogens with one attached hydrogen (secondary N) is 2. The molecule has 0 spiro atoms. The molecule has 0 bridgehead atoms. The highest BCUT2D eigenvalue weighted by atomic mass is 19.1. The van der Waals surface area contributed by atoms with Crippen molar-refractivity contribution >= 4 is 23.7 Å². The Labute approximate surface area is 132 Å². The molecule has 0 aliphatic heterocycles. The van der Waals surface area contributed by atoms with Gasteiger partial charge in [0.2, 0.25) is 5.91 Å². The molecule has 0 saturated carbocycles. The smallest absolute Gasteiger partial charge is 0.408 e. The van der Waals surface area contributed by atoms with Gasteiger partial charge in [-0.1, -0.05) is 0 Å². The zero-order valence-corrected chi connectivity index (χ0v) is 13.3. The second kappa shape index (κ2) is 7.08. The summed E-state index contributed by atoms with van der Waals surface area (Å²) in [6, 6.07) is 2.01. The Morgan fingerprint density at radius 3 is 2.39 bits per heavy atom. The predicted molar refractivity (Wildman–Crippen MR) is 80.8 cm³/mol. The van der Waals surface area contributed by atoms with Crippen molar-refractivity contribution in [1.29, 1.82) is 0 Å². The number of rotatable bonds is 4. The molecule has 8 heteroatoms. The Morgan fingerprint density at radius 1 is 1.26 bits per heavy atom. The summed E-state index contributed by atoms with van der Waals surface area (Å²) in [5.74, 6) is -2.74. The van der Waals surface area contributed by atoms with Crippen LogP contribution in [0.5, 0.6) is 0 Å². The number of anilines is 1. The van der Waals surface area contributed by atoms with Gasteiger partial charge in [-0.15, -0.1) is 0 Å². The van der Waals surface area contributed by atoms with E-state index in [4.69, 9.17) is 9.84 Å². The fraction of sp³-hybridized carbons (Fsp3) is 0.400. The van der Waals surface area contributed by atoms with E-state index in [1.165, 1.54) is 6.92 Å². The second-order valence-corrected chi connectivity index (χ2v) is 5.86. The molecule has 0 heterocycles. The number of ether oxygens (including phenoxy) is 1. The average Bonchev–Trinajstić information content (AvgIpc) is 2.38. The summed E-state index contributed by atoms with van der Waals surface area (Å²) in [6.07, 6.45) is -0.792. The summed E-state index contributed by atoms with van der Waals surface area (Å²) in [7, 11) is 0. The maximum atomic E-state index is 13.6. The van der Waals surface area contributed by atoms with E-state index in [1.807, 2.05) is 0 Å². The summed E-state index contributed by atoms with van der Waals surface area (Å²) in [4.78, 5) is 34.4. The van der Waals surface area contributed by atoms with Crippen molar-refractivity contribution in [2.45, 2.75) is 39.3 Å². The number of hydrogen-bond donors (Lipinski definition) is 3. The number of alkyl carbamates (subject to hydrolysis) is 1. The Morgan fingerprint density at radius 2 is 1.87 bits per heavy atom. The molecule has 1 atom stereocenters. The van der Waals surface area contributed by atoms with Gasteiger partial charge < -0.3 is 20.5 Å².